The fourth-order valence-electron chi connectivity index (χ4n) is 4.26. The predicted octanol–water partition coefficient (Wildman–Crippen LogP) is 2.39. The molecule has 0 bridgehead atoms. The highest BCUT2D eigenvalue weighted by atomic mass is 16.5. The molecule has 1 saturated heterocycles. The van der Waals surface area contributed by atoms with Crippen LogP contribution < -0.4 is 10.2 Å². The molecule has 30 heavy (non-hydrogen) atoms. The summed E-state index contributed by atoms with van der Waals surface area (Å²) >= 11 is 0. The maximum absolute atomic E-state index is 11.1. The highest BCUT2D eigenvalue weighted by molar-refractivity contribution is 5.73. The van der Waals surface area contributed by atoms with Crippen LogP contribution in [0.1, 0.15) is 58.5 Å². The molecule has 0 unspecified atom stereocenters. The molecule has 2 aliphatic rings. The summed E-state index contributed by atoms with van der Waals surface area (Å²) in [7, 11) is 1.73. The predicted molar refractivity (Wildman–Crippen MR) is 120 cm³/mol. The van der Waals surface area contributed by atoms with E-state index in [1.54, 1.807) is 14.0 Å². The first-order valence-electron chi connectivity index (χ1n) is 11.4. The van der Waals surface area contributed by atoms with Crippen LogP contribution in [0.3, 0.4) is 0 Å². The van der Waals surface area contributed by atoms with Crippen LogP contribution in [0, 0.1) is 5.92 Å². The highest BCUT2D eigenvalue weighted by Gasteiger charge is 2.30. The summed E-state index contributed by atoms with van der Waals surface area (Å²) in [5.41, 5.74) is 0.991. The van der Waals surface area contributed by atoms with E-state index in [9.17, 15) is 4.79 Å². The summed E-state index contributed by atoms with van der Waals surface area (Å²) in [6.45, 7) is 14.1. The Morgan fingerprint density at radius 1 is 1.20 bits per heavy atom. The van der Waals surface area contributed by atoms with E-state index in [0.29, 0.717) is 12.6 Å². The lowest BCUT2D eigenvalue weighted by Gasteiger charge is -2.39. The Bertz CT molecular complexity index is 704. The molecule has 3 rings (SSSR count). The van der Waals surface area contributed by atoms with Gasteiger partial charge in [0.2, 0.25) is 5.91 Å². The van der Waals surface area contributed by atoms with Crippen LogP contribution in [0.25, 0.3) is 0 Å². The van der Waals surface area contributed by atoms with Crippen molar-refractivity contribution in [3.05, 3.63) is 17.6 Å². The number of hydrogen-bond acceptors (Lipinski definition) is 6. The van der Waals surface area contributed by atoms with Gasteiger partial charge in [0, 0.05) is 69.9 Å². The molecule has 0 aromatic carbocycles. The number of piperazine rings is 1. The Hall–Kier alpha value is -1.73. The Morgan fingerprint density at radius 2 is 1.90 bits per heavy atom. The van der Waals surface area contributed by atoms with E-state index in [1.807, 2.05) is 0 Å². The first kappa shape index (κ1) is 22.9. The van der Waals surface area contributed by atoms with Gasteiger partial charge in [-0.15, -0.1) is 0 Å². The summed E-state index contributed by atoms with van der Waals surface area (Å²) in [4.78, 5) is 25.8. The maximum Gasteiger partial charge on any atom is 0.217 e. The van der Waals surface area contributed by atoms with E-state index in [1.165, 1.54) is 6.42 Å². The number of carbonyl (C=O) groups excluding carboxylic acids is 1. The number of rotatable bonds is 8. The minimum absolute atomic E-state index is 0.0719. The Balaban J connectivity index is 1.50. The summed E-state index contributed by atoms with van der Waals surface area (Å²) in [6, 6.07) is 2.55. The van der Waals surface area contributed by atoms with E-state index in [2.05, 4.69) is 42.0 Å². The van der Waals surface area contributed by atoms with Crippen LogP contribution in [0.15, 0.2) is 6.07 Å². The van der Waals surface area contributed by atoms with Gasteiger partial charge in [-0.3, -0.25) is 9.69 Å². The molecule has 7 heteroatoms. The monoisotopic (exact) mass is 417 g/mol. The lowest BCUT2D eigenvalue weighted by molar-refractivity contribution is -0.120. The zero-order chi connectivity index (χ0) is 21.7. The van der Waals surface area contributed by atoms with E-state index in [0.717, 1.165) is 75.2 Å². The molecule has 1 amide bonds. The number of nitrogens with one attached hydrogen (secondary N) is 1. The van der Waals surface area contributed by atoms with Crippen LogP contribution in [0.2, 0.25) is 0 Å². The molecule has 168 valence electrons. The van der Waals surface area contributed by atoms with Gasteiger partial charge in [-0.1, -0.05) is 20.8 Å². The first-order valence-corrected chi connectivity index (χ1v) is 11.4. The summed E-state index contributed by atoms with van der Waals surface area (Å²) < 4.78 is 5.25. The third-order valence-electron chi connectivity index (χ3n) is 6.19. The van der Waals surface area contributed by atoms with Crippen molar-refractivity contribution >= 4 is 11.7 Å². The Kier molecular flexibility index (Phi) is 7.69. The van der Waals surface area contributed by atoms with Crippen LogP contribution in [-0.4, -0.2) is 73.3 Å². The van der Waals surface area contributed by atoms with Gasteiger partial charge >= 0.3 is 0 Å². The third-order valence-corrected chi connectivity index (χ3v) is 6.19. The van der Waals surface area contributed by atoms with E-state index in [-0.39, 0.29) is 11.3 Å². The van der Waals surface area contributed by atoms with Crippen molar-refractivity contribution in [3.8, 4) is 0 Å². The number of anilines is 1. The van der Waals surface area contributed by atoms with Crippen LogP contribution in [-0.2, 0) is 21.4 Å². The minimum Gasteiger partial charge on any atom is -0.384 e. The zero-order valence-corrected chi connectivity index (χ0v) is 19.4. The molecule has 0 spiro atoms. The summed E-state index contributed by atoms with van der Waals surface area (Å²) in [5.74, 6) is 2.82. The number of nitrogens with zero attached hydrogens (tertiary/aromatic N) is 4. The second kappa shape index (κ2) is 10.1. The molecule has 1 saturated carbocycles. The number of aromatic nitrogens is 2. The van der Waals surface area contributed by atoms with Gasteiger partial charge in [0.05, 0.1) is 6.61 Å². The molecule has 1 N–H and O–H groups in total. The third kappa shape index (κ3) is 6.38. The van der Waals surface area contributed by atoms with Crippen molar-refractivity contribution in [1.29, 1.82) is 0 Å². The minimum atomic E-state index is -0.0719. The standard InChI is InChI=1S/C23H39N5O2/c1-17(29)24-20-14-18(15-20)6-8-27-9-11-28(12-10-27)21-16-19(7-13-30-5)25-22(26-21)23(2,3)4/h16,18,20H,6-15H2,1-5H3,(H,24,29)/t18-,20-. The van der Waals surface area contributed by atoms with Gasteiger partial charge in [0.15, 0.2) is 0 Å². The fraction of sp³-hybridized carbons (Fsp3) is 0.783. The van der Waals surface area contributed by atoms with Crippen molar-refractivity contribution in [2.24, 2.45) is 5.92 Å². The van der Waals surface area contributed by atoms with Crippen LogP contribution >= 0.6 is 0 Å². The summed E-state index contributed by atoms with van der Waals surface area (Å²) in [5, 5.41) is 3.02. The van der Waals surface area contributed by atoms with Crippen molar-refractivity contribution < 1.29 is 9.53 Å². The van der Waals surface area contributed by atoms with Crippen molar-refractivity contribution in [2.75, 3.05) is 51.3 Å². The molecule has 0 radical (unpaired) electrons. The molecular formula is C23H39N5O2. The molecule has 2 heterocycles. The van der Waals surface area contributed by atoms with Crippen molar-refractivity contribution in [3.63, 3.8) is 0 Å². The molecule has 1 aliphatic heterocycles. The molecule has 1 aliphatic carbocycles. The second-order valence-corrected chi connectivity index (χ2v) is 9.89. The summed E-state index contributed by atoms with van der Waals surface area (Å²) in [6.07, 6.45) is 4.33. The average molecular weight is 418 g/mol. The maximum atomic E-state index is 11.1. The van der Waals surface area contributed by atoms with E-state index >= 15 is 0 Å². The Labute approximate surface area is 181 Å². The largest absolute Gasteiger partial charge is 0.384 e. The lowest BCUT2D eigenvalue weighted by atomic mass is 9.78. The SMILES string of the molecule is COCCc1cc(N2CCN(CC[C@H]3C[C@H](NC(C)=O)C3)CC2)nc(C(C)(C)C)n1. The van der Waals surface area contributed by atoms with Crippen molar-refractivity contribution in [2.45, 2.75) is 64.8 Å². The second-order valence-electron chi connectivity index (χ2n) is 9.89. The van der Waals surface area contributed by atoms with Gasteiger partial charge < -0.3 is 15.0 Å². The van der Waals surface area contributed by atoms with Gasteiger partial charge in [-0.05, 0) is 31.7 Å². The van der Waals surface area contributed by atoms with Gasteiger partial charge in [0.25, 0.3) is 0 Å². The molecule has 2 fully saturated rings. The first-order chi connectivity index (χ1) is 14.2. The van der Waals surface area contributed by atoms with Gasteiger partial charge in [0.1, 0.15) is 11.6 Å². The zero-order valence-electron chi connectivity index (χ0n) is 19.4. The van der Waals surface area contributed by atoms with Crippen LogP contribution in [0.5, 0.6) is 0 Å². The lowest BCUT2D eigenvalue weighted by Crippen LogP contribution is -2.48. The molecule has 0 atom stereocenters. The number of amides is 1. The number of hydrogen-bond donors (Lipinski definition) is 1. The topological polar surface area (TPSA) is 70.6 Å². The van der Waals surface area contributed by atoms with E-state index < -0.39 is 0 Å². The van der Waals surface area contributed by atoms with Gasteiger partial charge in [-0.2, -0.15) is 0 Å². The van der Waals surface area contributed by atoms with E-state index in [4.69, 9.17) is 14.7 Å². The molecule has 1 aromatic heterocycles. The molecular weight excluding hydrogens is 378 g/mol. The van der Waals surface area contributed by atoms with Crippen molar-refractivity contribution in [1.82, 2.24) is 20.2 Å². The highest BCUT2D eigenvalue weighted by Crippen LogP contribution is 2.30. The Morgan fingerprint density at radius 3 is 2.50 bits per heavy atom. The quantitative estimate of drug-likeness (QED) is 0.700. The molecule has 1 aromatic rings. The molecule has 7 nitrogen and oxygen atoms in total. The number of methoxy groups -OCH3 is 1. The smallest absolute Gasteiger partial charge is 0.217 e. The van der Waals surface area contributed by atoms with Crippen LogP contribution in [0.4, 0.5) is 5.82 Å². The normalized spacial score (nSPS) is 22.6. The number of ether oxygens (including phenoxy) is 1. The fourth-order valence-corrected chi connectivity index (χ4v) is 4.26. The van der Waals surface area contributed by atoms with Gasteiger partial charge in [-0.25, -0.2) is 9.97 Å². The average Bonchev–Trinajstić information content (AvgIpc) is 2.67. The number of carbonyl (C=O) groups is 1.